The molecule has 0 unspecified atom stereocenters. The molecular weight excluding hydrogens is 275 g/mol. The van der Waals surface area contributed by atoms with Crippen molar-refractivity contribution in [1.29, 1.82) is 0 Å². The van der Waals surface area contributed by atoms with Crippen molar-refractivity contribution in [3.05, 3.63) is 47.7 Å². The molecule has 0 saturated carbocycles. The topological polar surface area (TPSA) is 96.3 Å². The molecule has 0 aliphatic rings. The van der Waals surface area contributed by atoms with E-state index in [2.05, 4.69) is 10.1 Å². The molecule has 0 aliphatic heterocycles. The molecule has 2 heterocycles. The molecule has 0 aliphatic carbocycles. The summed E-state index contributed by atoms with van der Waals surface area (Å²) in [5.74, 6) is -0.967. The van der Waals surface area contributed by atoms with E-state index < -0.39 is 5.97 Å². The van der Waals surface area contributed by atoms with Gasteiger partial charge in [0.2, 0.25) is 5.95 Å². The van der Waals surface area contributed by atoms with E-state index in [-0.39, 0.29) is 30.4 Å². The van der Waals surface area contributed by atoms with E-state index >= 15 is 0 Å². The number of carbonyl (C=O) groups excluding carboxylic acids is 1. The Morgan fingerprint density at radius 1 is 1.27 bits per heavy atom. The molecule has 0 atom stereocenters. The van der Waals surface area contributed by atoms with Crippen LogP contribution in [-0.2, 0) is 6.42 Å². The number of nitrogen functional groups attached to an aromatic ring is 1. The fourth-order valence-electron chi connectivity index (χ4n) is 2.33. The van der Waals surface area contributed by atoms with Gasteiger partial charge in [0.25, 0.3) is 0 Å². The van der Waals surface area contributed by atoms with Crippen molar-refractivity contribution in [2.24, 2.45) is 0 Å². The maximum absolute atomic E-state index is 11.2. The molecule has 3 aromatic rings. The molecule has 0 spiro atoms. The summed E-state index contributed by atoms with van der Waals surface area (Å²) in [5.41, 5.74) is 8.77. The zero-order valence-electron chi connectivity index (χ0n) is 12.4. The molecule has 1 aromatic carbocycles. The van der Waals surface area contributed by atoms with Crippen LogP contribution in [0.4, 0.5) is 5.95 Å². The van der Waals surface area contributed by atoms with Crippen LogP contribution in [0, 0.1) is 0 Å². The van der Waals surface area contributed by atoms with Crippen molar-refractivity contribution in [3.63, 3.8) is 0 Å². The molecule has 106 valence electrons. The van der Waals surface area contributed by atoms with E-state index in [1.165, 1.54) is 0 Å². The van der Waals surface area contributed by atoms with E-state index in [9.17, 15) is 9.90 Å². The Kier molecular flexibility index (Phi) is 4.55. The van der Waals surface area contributed by atoms with E-state index in [1.807, 2.05) is 31.2 Å². The third-order valence-corrected chi connectivity index (χ3v) is 3.40. The van der Waals surface area contributed by atoms with Crippen LogP contribution < -0.4 is 29.7 Å². The number of hydrogen-bond acceptors (Lipinski definition) is 5. The summed E-state index contributed by atoms with van der Waals surface area (Å²) >= 11 is 0. The first-order chi connectivity index (χ1) is 10.1. The van der Waals surface area contributed by atoms with Crippen molar-refractivity contribution in [2.75, 3.05) is 5.73 Å². The van der Waals surface area contributed by atoms with Crippen LogP contribution in [0.15, 0.2) is 36.5 Å². The average Bonchev–Trinajstić information content (AvgIpc) is 2.85. The molecule has 22 heavy (non-hydrogen) atoms. The van der Waals surface area contributed by atoms with Gasteiger partial charge in [-0.1, -0.05) is 19.1 Å². The number of pyridine rings is 1. The first-order valence-corrected chi connectivity index (χ1v) is 6.55. The van der Waals surface area contributed by atoms with Crippen molar-refractivity contribution in [3.8, 4) is 11.1 Å². The van der Waals surface area contributed by atoms with Gasteiger partial charge in [0.1, 0.15) is 0 Å². The van der Waals surface area contributed by atoms with Crippen LogP contribution in [0.25, 0.3) is 16.8 Å². The Morgan fingerprint density at radius 2 is 2.00 bits per heavy atom. The molecular formula is C15H13LiN4O2. The average molecular weight is 288 g/mol. The largest absolute Gasteiger partial charge is 1.00 e. The molecule has 0 radical (unpaired) electrons. The van der Waals surface area contributed by atoms with Crippen LogP contribution in [0.1, 0.15) is 22.8 Å². The van der Waals surface area contributed by atoms with Gasteiger partial charge in [-0.3, -0.25) is 0 Å². The zero-order chi connectivity index (χ0) is 15.0. The van der Waals surface area contributed by atoms with E-state index in [1.54, 1.807) is 16.8 Å². The Hall–Kier alpha value is -2.29. The second kappa shape index (κ2) is 6.22. The summed E-state index contributed by atoms with van der Waals surface area (Å²) in [6, 6.07) is 8.96. The van der Waals surface area contributed by atoms with Crippen LogP contribution in [0.3, 0.4) is 0 Å². The van der Waals surface area contributed by atoms with E-state index in [0.29, 0.717) is 12.1 Å². The predicted octanol–water partition coefficient (Wildman–Crippen LogP) is -2.09. The fourth-order valence-corrected chi connectivity index (χ4v) is 2.33. The number of carboxylic acid groups (broad SMARTS) is 1. The van der Waals surface area contributed by atoms with Gasteiger partial charge in [-0.05, 0) is 41.3 Å². The van der Waals surface area contributed by atoms with Crippen LogP contribution in [0.2, 0.25) is 0 Å². The number of carboxylic acids is 1. The monoisotopic (exact) mass is 288 g/mol. The van der Waals surface area contributed by atoms with Gasteiger partial charge in [0, 0.05) is 11.8 Å². The minimum absolute atomic E-state index is 0. The summed E-state index contributed by atoms with van der Waals surface area (Å²) in [7, 11) is 0. The summed E-state index contributed by atoms with van der Waals surface area (Å²) in [6.45, 7) is 1.91. The first-order valence-electron chi connectivity index (χ1n) is 6.55. The van der Waals surface area contributed by atoms with Gasteiger partial charge in [0.15, 0.2) is 5.65 Å². The number of nitrogens with zero attached hydrogens (tertiary/aromatic N) is 3. The van der Waals surface area contributed by atoms with Crippen LogP contribution in [-0.4, -0.2) is 20.6 Å². The van der Waals surface area contributed by atoms with Gasteiger partial charge >= 0.3 is 18.9 Å². The second-order valence-corrected chi connectivity index (χ2v) is 4.70. The van der Waals surface area contributed by atoms with Crippen molar-refractivity contribution in [1.82, 2.24) is 14.6 Å². The third kappa shape index (κ3) is 2.84. The summed E-state index contributed by atoms with van der Waals surface area (Å²) < 4.78 is 1.57. The molecule has 0 amide bonds. The minimum atomic E-state index is -1.17. The molecule has 2 N–H and O–H groups in total. The Morgan fingerprint density at radius 3 is 2.68 bits per heavy atom. The molecule has 3 rings (SSSR count). The molecule has 2 aromatic heterocycles. The molecule has 0 bridgehead atoms. The van der Waals surface area contributed by atoms with Gasteiger partial charge in [-0.2, -0.15) is 4.98 Å². The number of aromatic carboxylic acids is 1. The van der Waals surface area contributed by atoms with E-state index in [0.717, 1.165) is 16.7 Å². The number of aromatic nitrogens is 3. The van der Waals surface area contributed by atoms with Crippen molar-refractivity contribution >= 4 is 17.6 Å². The summed E-state index contributed by atoms with van der Waals surface area (Å²) in [6.07, 6.45) is 2.38. The quantitative estimate of drug-likeness (QED) is 0.557. The number of nitrogens with two attached hydrogens (primary N) is 1. The molecule has 0 saturated heterocycles. The standard InChI is InChI=1S/C15H14N4O2.Li/c1-2-9-3-4-10(7-12(9)14(20)21)11-5-6-19-13(8-11)17-15(16)18-19;/h3-8H,2H2,1H3,(H2,16,18)(H,20,21);/q;+1/p-1. The van der Waals surface area contributed by atoms with Crippen LogP contribution >= 0.6 is 0 Å². The minimum Gasteiger partial charge on any atom is -0.545 e. The smallest absolute Gasteiger partial charge is 0.545 e. The summed E-state index contributed by atoms with van der Waals surface area (Å²) in [4.78, 5) is 15.3. The Labute approximate surface area is 139 Å². The zero-order valence-corrected chi connectivity index (χ0v) is 12.4. The number of hydrogen-bond donors (Lipinski definition) is 1. The fraction of sp³-hybridized carbons (Fsp3) is 0.133. The number of benzene rings is 1. The number of carbonyl (C=O) groups is 1. The van der Waals surface area contributed by atoms with Gasteiger partial charge in [0.05, 0.1) is 5.97 Å². The van der Waals surface area contributed by atoms with Crippen LogP contribution in [0.5, 0.6) is 0 Å². The molecule has 0 fully saturated rings. The summed E-state index contributed by atoms with van der Waals surface area (Å²) in [5, 5.41) is 15.2. The number of aryl methyl sites for hydroxylation is 1. The normalized spacial score (nSPS) is 10.4. The van der Waals surface area contributed by atoms with Gasteiger partial charge < -0.3 is 15.6 Å². The van der Waals surface area contributed by atoms with Gasteiger partial charge in [-0.15, -0.1) is 5.10 Å². The second-order valence-electron chi connectivity index (χ2n) is 4.70. The number of fused-ring (bicyclic) bond motifs is 1. The Bertz CT molecular complexity index is 845. The predicted molar refractivity (Wildman–Crippen MR) is 76.5 cm³/mol. The number of anilines is 1. The Balaban J connectivity index is 0.00000176. The first kappa shape index (κ1) is 16.1. The SMILES string of the molecule is CCc1ccc(-c2ccn3nc(N)nc3c2)cc1C(=O)[O-].[Li+]. The maximum Gasteiger partial charge on any atom is 1.00 e. The number of rotatable bonds is 3. The van der Waals surface area contributed by atoms with Gasteiger partial charge in [-0.25, -0.2) is 4.52 Å². The maximum atomic E-state index is 11.2. The third-order valence-electron chi connectivity index (χ3n) is 3.40. The molecule has 6 nitrogen and oxygen atoms in total. The van der Waals surface area contributed by atoms with Crippen molar-refractivity contribution in [2.45, 2.75) is 13.3 Å². The van der Waals surface area contributed by atoms with Crippen molar-refractivity contribution < 1.29 is 28.8 Å². The molecule has 7 heteroatoms. The van der Waals surface area contributed by atoms with E-state index in [4.69, 9.17) is 5.73 Å².